The molecule has 0 bridgehead atoms. The molecule has 4 heteroatoms. The molecule has 0 aromatic carbocycles. The predicted molar refractivity (Wildman–Crippen MR) is 50.2 cm³/mol. The lowest BCUT2D eigenvalue weighted by molar-refractivity contribution is 0.370. The Hall–Kier alpha value is -0.900. The van der Waals surface area contributed by atoms with Gasteiger partial charge in [-0.15, -0.1) is 5.10 Å². The SMILES string of the molecule is Cn1nncc1C1CCCCC1N. The van der Waals surface area contributed by atoms with Crippen molar-refractivity contribution in [3.05, 3.63) is 11.9 Å². The van der Waals surface area contributed by atoms with Crippen molar-refractivity contribution < 1.29 is 0 Å². The molecule has 1 saturated carbocycles. The monoisotopic (exact) mass is 180 g/mol. The van der Waals surface area contributed by atoms with Crippen molar-refractivity contribution in [2.75, 3.05) is 0 Å². The molecule has 2 atom stereocenters. The summed E-state index contributed by atoms with van der Waals surface area (Å²) in [5.41, 5.74) is 7.26. The Morgan fingerprint density at radius 2 is 2.23 bits per heavy atom. The van der Waals surface area contributed by atoms with E-state index in [4.69, 9.17) is 5.73 Å². The average molecular weight is 180 g/mol. The normalized spacial score (nSPS) is 29.1. The summed E-state index contributed by atoms with van der Waals surface area (Å²) in [6.45, 7) is 0. The number of rotatable bonds is 1. The van der Waals surface area contributed by atoms with E-state index in [-0.39, 0.29) is 0 Å². The van der Waals surface area contributed by atoms with Gasteiger partial charge in [-0.2, -0.15) is 0 Å². The quantitative estimate of drug-likeness (QED) is 0.695. The summed E-state index contributed by atoms with van der Waals surface area (Å²) in [6, 6.07) is 0.297. The lowest BCUT2D eigenvalue weighted by atomic mass is 9.83. The second-order valence-corrected chi connectivity index (χ2v) is 3.84. The molecule has 1 fully saturated rings. The molecule has 0 aliphatic heterocycles. The number of nitrogens with zero attached hydrogens (tertiary/aromatic N) is 3. The zero-order valence-electron chi connectivity index (χ0n) is 7.98. The fourth-order valence-electron chi connectivity index (χ4n) is 2.16. The summed E-state index contributed by atoms with van der Waals surface area (Å²) in [6.07, 6.45) is 6.71. The Kier molecular flexibility index (Phi) is 2.31. The fourth-order valence-corrected chi connectivity index (χ4v) is 2.16. The van der Waals surface area contributed by atoms with E-state index in [9.17, 15) is 0 Å². The first kappa shape index (κ1) is 8.69. The highest BCUT2D eigenvalue weighted by Crippen LogP contribution is 2.30. The topological polar surface area (TPSA) is 56.7 Å². The summed E-state index contributed by atoms with van der Waals surface area (Å²) < 4.78 is 1.84. The van der Waals surface area contributed by atoms with Crippen molar-refractivity contribution in [3.63, 3.8) is 0 Å². The Labute approximate surface area is 78.1 Å². The number of aryl methyl sites for hydroxylation is 1. The molecule has 0 spiro atoms. The van der Waals surface area contributed by atoms with E-state index < -0.39 is 0 Å². The molecule has 1 heterocycles. The van der Waals surface area contributed by atoms with Gasteiger partial charge in [0.15, 0.2) is 0 Å². The maximum Gasteiger partial charge on any atom is 0.0728 e. The van der Waals surface area contributed by atoms with Crippen LogP contribution in [0.5, 0.6) is 0 Å². The molecule has 2 unspecified atom stereocenters. The third-order valence-corrected chi connectivity index (χ3v) is 2.95. The predicted octanol–water partition coefficient (Wildman–Crippen LogP) is 0.800. The van der Waals surface area contributed by atoms with Gasteiger partial charge in [0, 0.05) is 19.0 Å². The van der Waals surface area contributed by atoms with Crippen molar-refractivity contribution >= 4 is 0 Å². The first-order chi connectivity index (χ1) is 6.29. The minimum atomic E-state index is 0.297. The molecule has 1 aliphatic carbocycles. The van der Waals surface area contributed by atoms with Crippen molar-refractivity contribution in [3.8, 4) is 0 Å². The van der Waals surface area contributed by atoms with Crippen LogP contribution in [0.4, 0.5) is 0 Å². The van der Waals surface area contributed by atoms with Crippen LogP contribution >= 0.6 is 0 Å². The third kappa shape index (κ3) is 1.58. The molecular weight excluding hydrogens is 164 g/mol. The molecule has 1 aromatic rings. The molecule has 1 aromatic heterocycles. The van der Waals surface area contributed by atoms with E-state index in [2.05, 4.69) is 10.3 Å². The molecule has 2 rings (SSSR count). The molecule has 0 amide bonds. The van der Waals surface area contributed by atoms with E-state index in [0.29, 0.717) is 12.0 Å². The van der Waals surface area contributed by atoms with Crippen molar-refractivity contribution in [1.82, 2.24) is 15.0 Å². The average Bonchev–Trinajstić information content (AvgIpc) is 2.52. The van der Waals surface area contributed by atoms with E-state index in [1.54, 1.807) is 0 Å². The van der Waals surface area contributed by atoms with Crippen LogP contribution in [0.15, 0.2) is 6.20 Å². The smallest absolute Gasteiger partial charge is 0.0728 e. The third-order valence-electron chi connectivity index (χ3n) is 2.95. The summed E-state index contributed by atoms with van der Waals surface area (Å²) in [4.78, 5) is 0. The second kappa shape index (κ2) is 3.46. The van der Waals surface area contributed by atoms with Crippen LogP contribution in [0.2, 0.25) is 0 Å². The van der Waals surface area contributed by atoms with Gasteiger partial charge in [-0.1, -0.05) is 18.1 Å². The molecule has 13 heavy (non-hydrogen) atoms. The second-order valence-electron chi connectivity index (χ2n) is 3.84. The maximum absolute atomic E-state index is 6.07. The van der Waals surface area contributed by atoms with Crippen LogP contribution in [0, 0.1) is 0 Å². The Bertz CT molecular complexity index is 281. The summed E-state index contributed by atoms with van der Waals surface area (Å²) in [7, 11) is 1.93. The van der Waals surface area contributed by atoms with Gasteiger partial charge < -0.3 is 5.73 Å². The number of hydrogen-bond donors (Lipinski definition) is 1. The highest BCUT2D eigenvalue weighted by molar-refractivity contribution is 5.07. The van der Waals surface area contributed by atoms with Crippen LogP contribution in [-0.2, 0) is 7.05 Å². The molecule has 0 radical (unpaired) electrons. The van der Waals surface area contributed by atoms with E-state index in [1.807, 2.05) is 17.9 Å². The van der Waals surface area contributed by atoms with Gasteiger partial charge in [-0.3, -0.25) is 4.68 Å². The zero-order chi connectivity index (χ0) is 9.26. The number of hydrogen-bond acceptors (Lipinski definition) is 3. The van der Waals surface area contributed by atoms with E-state index >= 15 is 0 Å². The molecule has 72 valence electrons. The van der Waals surface area contributed by atoms with Crippen LogP contribution in [0.3, 0.4) is 0 Å². The van der Waals surface area contributed by atoms with Gasteiger partial charge in [0.25, 0.3) is 0 Å². The highest BCUT2D eigenvalue weighted by Gasteiger charge is 2.25. The van der Waals surface area contributed by atoms with Crippen LogP contribution in [-0.4, -0.2) is 21.0 Å². The molecule has 0 saturated heterocycles. The van der Waals surface area contributed by atoms with E-state index in [0.717, 1.165) is 6.42 Å². The minimum Gasteiger partial charge on any atom is -0.327 e. The first-order valence-electron chi connectivity index (χ1n) is 4.89. The zero-order valence-corrected chi connectivity index (χ0v) is 7.98. The Morgan fingerprint density at radius 1 is 1.46 bits per heavy atom. The van der Waals surface area contributed by atoms with Gasteiger partial charge in [-0.25, -0.2) is 0 Å². The van der Waals surface area contributed by atoms with Gasteiger partial charge in [0.2, 0.25) is 0 Å². The van der Waals surface area contributed by atoms with Gasteiger partial charge in [0.1, 0.15) is 0 Å². The molecule has 1 aliphatic rings. The highest BCUT2D eigenvalue weighted by atomic mass is 15.4. The van der Waals surface area contributed by atoms with E-state index in [1.165, 1.54) is 25.0 Å². The first-order valence-corrected chi connectivity index (χ1v) is 4.89. The molecule has 2 N–H and O–H groups in total. The summed E-state index contributed by atoms with van der Waals surface area (Å²) in [5, 5.41) is 7.83. The van der Waals surface area contributed by atoms with Crippen molar-refractivity contribution in [2.24, 2.45) is 12.8 Å². The lowest BCUT2D eigenvalue weighted by Gasteiger charge is -2.27. The van der Waals surface area contributed by atoms with Crippen LogP contribution in [0.1, 0.15) is 37.3 Å². The van der Waals surface area contributed by atoms with Crippen LogP contribution < -0.4 is 5.73 Å². The lowest BCUT2D eigenvalue weighted by Crippen LogP contribution is -2.32. The fraction of sp³-hybridized carbons (Fsp3) is 0.778. The summed E-state index contributed by atoms with van der Waals surface area (Å²) in [5.74, 6) is 0.466. The number of aromatic nitrogens is 3. The largest absolute Gasteiger partial charge is 0.327 e. The summed E-state index contributed by atoms with van der Waals surface area (Å²) >= 11 is 0. The Morgan fingerprint density at radius 3 is 2.85 bits per heavy atom. The van der Waals surface area contributed by atoms with Gasteiger partial charge in [-0.05, 0) is 12.8 Å². The molecule has 4 nitrogen and oxygen atoms in total. The van der Waals surface area contributed by atoms with Gasteiger partial charge in [0.05, 0.1) is 11.9 Å². The standard InChI is InChI=1S/C9H16N4/c1-13-9(6-11-12-13)7-4-2-3-5-8(7)10/h6-8H,2-5,10H2,1H3. The maximum atomic E-state index is 6.07. The van der Waals surface area contributed by atoms with Crippen LogP contribution in [0.25, 0.3) is 0 Å². The van der Waals surface area contributed by atoms with Crippen molar-refractivity contribution in [1.29, 1.82) is 0 Å². The number of nitrogens with two attached hydrogens (primary N) is 1. The Balaban J connectivity index is 2.19. The molecular formula is C9H16N4. The van der Waals surface area contributed by atoms with Crippen molar-refractivity contribution in [2.45, 2.75) is 37.6 Å². The van der Waals surface area contributed by atoms with Gasteiger partial charge >= 0.3 is 0 Å². The minimum absolute atomic E-state index is 0.297.